The fourth-order valence-electron chi connectivity index (χ4n) is 4.89. The molecule has 0 spiro atoms. The van der Waals surface area contributed by atoms with E-state index in [0.29, 0.717) is 35.7 Å². The van der Waals surface area contributed by atoms with Crippen molar-refractivity contribution >= 4 is 17.9 Å². The van der Waals surface area contributed by atoms with E-state index in [1.54, 1.807) is 32.9 Å². The first-order chi connectivity index (χ1) is 23.0. The largest absolute Gasteiger partial charge is 0.462 e. The molecule has 0 aliphatic carbocycles. The Morgan fingerprint density at radius 2 is 0.812 bits per heavy atom. The normalized spacial score (nSPS) is 10.6. The van der Waals surface area contributed by atoms with Crippen molar-refractivity contribution in [1.82, 2.24) is 0 Å². The molecular formula is C42H42O6. The smallest absolute Gasteiger partial charge is 0.338 e. The highest BCUT2D eigenvalue weighted by molar-refractivity contribution is 5.89. The van der Waals surface area contributed by atoms with Gasteiger partial charge in [0.2, 0.25) is 0 Å². The van der Waals surface area contributed by atoms with Crippen molar-refractivity contribution < 1.29 is 28.6 Å². The van der Waals surface area contributed by atoms with Crippen molar-refractivity contribution in [3.63, 3.8) is 0 Å². The summed E-state index contributed by atoms with van der Waals surface area (Å²) in [5, 5.41) is 0. The van der Waals surface area contributed by atoms with Crippen LogP contribution in [0.2, 0.25) is 0 Å². The Labute approximate surface area is 283 Å². The number of rotatable bonds is 15. The molecule has 4 aromatic rings. The van der Waals surface area contributed by atoms with Crippen LogP contribution >= 0.6 is 0 Å². The molecule has 0 unspecified atom stereocenters. The van der Waals surface area contributed by atoms with Gasteiger partial charge in [0, 0.05) is 16.7 Å². The van der Waals surface area contributed by atoms with Crippen LogP contribution < -0.4 is 4.74 Å². The average molecular weight is 643 g/mol. The van der Waals surface area contributed by atoms with E-state index in [4.69, 9.17) is 14.2 Å². The summed E-state index contributed by atoms with van der Waals surface area (Å²) in [5.41, 5.74) is 9.73. The first-order valence-electron chi connectivity index (χ1n) is 16.0. The van der Waals surface area contributed by atoms with Crippen LogP contribution in [0.25, 0.3) is 33.4 Å². The number of ether oxygens (including phenoxy) is 3. The van der Waals surface area contributed by atoms with Crippen LogP contribution in [0, 0.1) is 0 Å². The Balaban J connectivity index is 1.56. The van der Waals surface area contributed by atoms with Gasteiger partial charge in [-0.3, -0.25) is 0 Å². The maximum atomic E-state index is 12.0. The quantitative estimate of drug-likeness (QED) is 0.0557. The van der Waals surface area contributed by atoms with E-state index >= 15 is 0 Å². The molecule has 246 valence electrons. The highest BCUT2D eigenvalue weighted by atomic mass is 16.5. The van der Waals surface area contributed by atoms with E-state index in [0.717, 1.165) is 70.2 Å². The number of hydrogen-bond acceptors (Lipinski definition) is 6. The van der Waals surface area contributed by atoms with Gasteiger partial charge in [0.25, 0.3) is 0 Å². The van der Waals surface area contributed by atoms with Gasteiger partial charge >= 0.3 is 17.9 Å². The van der Waals surface area contributed by atoms with E-state index < -0.39 is 5.97 Å². The summed E-state index contributed by atoms with van der Waals surface area (Å²) in [7, 11) is 0. The molecule has 0 aliphatic heterocycles. The molecule has 0 saturated carbocycles. The average Bonchev–Trinajstić information content (AvgIpc) is 3.08. The molecule has 0 aromatic heterocycles. The molecule has 0 saturated heterocycles. The predicted molar refractivity (Wildman–Crippen MR) is 191 cm³/mol. The van der Waals surface area contributed by atoms with Crippen LogP contribution in [-0.4, -0.2) is 31.1 Å². The number of carbonyl (C=O) groups excluding carboxylic acids is 3. The molecule has 0 heterocycles. The van der Waals surface area contributed by atoms with Crippen molar-refractivity contribution in [1.29, 1.82) is 0 Å². The zero-order chi connectivity index (χ0) is 34.6. The third kappa shape index (κ3) is 10.3. The zero-order valence-corrected chi connectivity index (χ0v) is 28.0. The van der Waals surface area contributed by atoms with E-state index in [-0.39, 0.29) is 11.9 Å². The first-order valence-corrected chi connectivity index (χ1v) is 16.0. The minimum Gasteiger partial charge on any atom is -0.462 e. The highest BCUT2D eigenvalue weighted by Crippen LogP contribution is 2.34. The number of benzene rings is 4. The molecular weight excluding hydrogens is 600 g/mol. The van der Waals surface area contributed by atoms with E-state index in [1.807, 2.05) is 12.1 Å². The standard InChI is InChI=1S/C42H42O6/c1-28(2)40(43)46-23-7-9-31-11-15-33(16-12-31)36-25-37(34-17-13-32(14-18-34)10-8-24-47-41(44)29(3)4)27-38(26-36)35-19-21-39(22-20-35)48-42(45)30(5)6/h11-22,25-27H,1,3,5,7-10,23-24H2,2,4,6H3. The lowest BCUT2D eigenvalue weighted by Gasteiger charge is -2.13. The van der Waals surface area contributed by atoms with Crippen LogP contribution in [0.4, 0.5) is 0 Å². The second kappa shape index (κ2) is 16.9. The molecule has 4 aromatic carbocycles. The van der Waals surface area contributed by atoms with Gasteiger partial charge < -0.3 is 14.2 Å². The molecule has 0 bridgehead atoms. The maximum absolute atomic E-state index is 12.0. The molecule has 0 fully saturated rings. The SMILES string of the molecule is C=C(C)C(=O)OCCCc1ccc(-c2cc(-c3ccc(CCCOC(=O)C(=C)C)cc3)cc(-c3ccc(OC(=O)C(=C)C)cc3)c2)cc1. The van der Waals surface area contributed by atoms with Gasteiger partial charge in [-0.2, -0.15) is 0 Å². The summed E-state index contributed by atoms with van der Waals surface area (Å²) >= 11 is 0. The van der Waals surface area contributed by atoms with Gasteiger partial charge in [-0.15, -0.1) is 0 Å². The van der Waals surface area contributed by atoms with Crippen molar-refractivity contribution in [2.24, 2.45) is 0 Å². The van der Waals surface area contributed by atoms with E-state index in [9.17, 15) is 14.4 Å². The van der Waals surface area contributed by atoms with Gasteiger partial charge in [-0.1, -0.05) is 80.4 Å². The Kier molecular flexibility index (Phi) is 12.4. The minimum absolute atomic E-state index is 0.339. The van der Waals surface area contributed by atoms with Crippen LogP contribution in [0.1, 0.15) is 44.7 Å². The Hall–Kier alpha value is -5.49. The lowest BCUT2D eigenvalue weighted by atomic mass is 9.92. The third-order valence-corrected chi connectivity index (χ3v) is 7.64. The lowest BCUT2D eigenvalue weighted by Crippen LogP contribution is -2.07. The van der Waals surface area contributed by atoms with Crippen LogP contribution in [0.3, 0.4) is 0 Å². The maximum Gasteiger partial charge on any atom is 0.338 e. The third-order valence-electron chi connectivity index (χ3n) is 7.64. The topological polar surface area (TPSA) is 78.9 Å². The fraction of sp³-hybridized carbons (Fsp3) is 0.214. The Morgan fingerprint density at radius 1 is 0.479 bits per heavy atom. The van der Waals surface area contributed by atoms with Gasteiger partial charge in [0.15, 0.2) is 0 Å². The van der Waals surface area contributed by atoms with Gasteiger partial charge in [-0.25, -0.2) is 14.4 Å². The monoisotopic (exact) mass is 642 g/mol. The number of carbonyl (C=O) groups is 3. The summed E-state index contributed by atoms with van der Waals surface area (Å²) in [4.78, 5) is 35.3. The molecule has 0 radical (unpaired) electrons. The molecule has 6 heteroatoms. The highest BCUT2D eigenvalue weighted by Gasteiger charge is 2.11. The van der Waals surface area contributed by atoms with Gasteiger partial charge in [-0.05, 0) is 121 Å². The van der Waals surface area contributed by atoms with Crippen LogP contribution in [0.15, 0.2) is 127 Å². The van der Waals surface area contributed by atoms with Crippen molar-refractivity contribution in [3.05, 3.63) is 139 Å². The van der Waals surface area contributed by atoms with Crippen molar-refractivity contribution in [2.45, 2.75) is 46.5 Å². The molecule has 0 amide bonds. The van der Waals surface area contributed by atoms with Crippen LogP contribution in [-0.2, 0) is 36.7 Å². The summed E-state index contributed by atoms with van der Waals surface area (Å²) in [5.74, 6) is -0.725. The number of esters is 3. The first kappa shape index (κ1) is 35.4. The second-order valence-electron chi connectivity index (χ2n) is 11.9. The zero-order valence-electron chi connectivity index (χ0n) is 28.0. The molecule has 4 rings (SSSR count). The van der Waals surface area contributed by atoms with Crippen molar-refractivity contribution in [3.8, 4) is 39.1 Å². The Bertz CT molecular complexity index is 1700. The Morgan fingerprint density at radius 3 is 1.15 bits per heavy atom. The lowest BCUT2D eigenvalue weighted by molar-refractivity contribution is -0.139. The molecule has 6 nitrogen and oxygen atoms in total. The van der Waals surface area contributed by atoms with E-state index in [2.05, 4.69) is 86.5 Å². The van der Waals surface area contributed by atoms with Gasteiger partial charge in [0.1, 0.15) is 5.75 Å². The minimum atomic E-state index is -0.459. The molecule has 48 heavy (non-hydrogen) atoms. The molecule has 0 N–H and O–H groups in total. The number of aryl methyl sites for hydroxylation is 2. The molecule has 0 aliphatic rings. The summed E-state index contributed by atoms with van der Waals surface area (Å²) < 4.78 is 15.8. The van der Waals surface area contributed by atoms with Crippen molar-refractivity contribution in [2.75, 3.05) is 13.2 Å². The number of hydrogen-bond donors (Lipinski definition) is 0. The van der Waals surface area contributed by atoms with Crippen LogP contribution in [0.5, 0.6) is 5.75 Å². The summed E-state index contributed by atoms with van der Waals surface area (Å²) in [6, 6.07) is 30.8. The second-order valence-corrected chi connectivity index (χ2v) is 11.9. The molecule has 0 atom stereocenters. The van der Waals surface area contributed by atoms with Gasteiger partial charge in [0.05, 0.1) is 13.2 Å². The summed E-state index contributed by atoms with van der Waals surface area (Å²) in [6.07, 6.45) is 3.04. The predicted octanol–water partition coefficient (Wildman–Crippen LogP) is 9.27. The fourth-order valence-corrected chi connectivity index (χ4v) is 4.89. The summed E-state index contributed by atoms with van der Waals surface area (Å²) in [6.45, 7) is 16.5. The van der Waals surface area contributed by atoms with E-state index in [1.165, 1.54) is 0 Å².